The fourth-order valence-electron chi connectivity index (χ4n) is 1.11. The van der Waals surface area contributed by atoms with Crippen LogP contribution in [-0.4, -0.2) is 4.98 Å². The Kier molecular flexibility index (Phi) is 3.54. The van der Waals surface area contributed by atoms with Crippen LogP contribution in [0.1, 0.15) is 31.0 Å². The summed E-state index contributed by atoms with van der Waals surface area (Å²) in [5.41, 5.74) is 2.16. The third kappa shape index (κ3) is 2.21. The van der Waals surface area contributed by atoms with E-state index in [0.717, 1.165) is 29.1 Å². The molecule has 12 heavy (non-hydrogen) atoms. The molecule has 0 fully saturated rings. The minimum absolute atomic E-state index is 0.839. The molecule has 2 heteroatoms. The summed E-state index contributed by atoms with van der Waals surface area (Å²) in [6, 6.07) is 1.94. The van der Waals surface area contributed by atoms with Gasteiger partial charge in [0.05, 0.1) is 10.7 Å². The van der Waals surface area contributed by atoms with Gasteiger partial charge in [-0.15, -0.1) is 0 Å². The summed E-state index contributed by atoms with van der Waals surface area (Å²) in [6.45, 7) is 4.18. The summed E-state index contributed by atoms with van der Waals surface area (Å²) in [7, 11) is 0. The van der Waals surface area contributed by atoms with E-state index in [2.05, 4.69) is 11.9 Å². The highest BCUT2D eigenvalue weighted by Gasteiger charge is 2.02. The van der Waals surface area contributed by atoms with Gasteiger partial charge in [0.2, 0.25) is 0 Å². The highest BCUT2D eigenvalue weighted by atomic mass is 35.5. The Bertz CT molecular complexity index is 258. The standard InChI is InChI=1S/C10H14ClN/c1-3-4-5-9-10(11)8(2)6-7-12-9/h6-7H,3-5H2,1-2H3. The number of hydrogen-bond acceptors (Lipinski definition) is 1. The van der Waals surface area contributed by atoms with Crippen LogP contribution in [0.4, 0.5) is 0 Å². The minimum atomic E-state index is 0.839. The topological polar surface area (TPSA) is 12.9 Å². The number of aromatic nitrogens is 1. The van der Waals surface area contributed by atoms with Crippen molar-refractivity contribution >= 4 is 11.6 Å². The minimum Gasteiger partial charge on any atom is -0.260 e. The van der Waals surface area contributed by atoms with Gasteiger partial charge >= 0.3 is 0 Å². The van der Waals surface area contributed by atoms with Gasteiger partial charge < -0.3 is 0 Å². The SMILES string of the molecule is CCCCc1nccc(C)c1Cl. The first-order chi connectivity index (χ1) is 5.75. The van der Waals surface area contributed by atoms with Gasteiger partial charge in [0.15, 0.2) is 0 Å². The number of rotatable bonds is 3. The van der Waals surface area contributed by atoms with Crippen LogP contribution in [0.25, 0.3) is 0 Å². The van der Waals surface area contributed by atoms with E-state index in [9.17, 15) is 0 Å². The molecule has 0 amide bonds. The van der Waals surface area contributed by atoms with Crippen molar-refractivity contribution in [1.82, 2.24) is 4.98 Å². The van der Waals surface area contributed by atoms with E-state index in [1.165, 1.54) is 6.42 Å². The lowest BCUT2D eigenvalue weighted by molar-refractivity contribution is 0.776. The number of nitrogens with zero attached hydrogens (tertiary/aromatic N) is 1. The molecular formula is C10H14ClN. The molecule has 0 saturated carbocycles. The Labute approximate surface area is 78.8 Å². The smallest absolute Gasteiger partial charge is 0.0650 e. The number of hydrogen-bond donors (Lipinski definition) is 0. The van der Waals surface area contributed by atoms with Gasteiger partial charge in [0, 0.05) is 6.20 Å². The molecular weight excluding hydrogens is 170 g/mol. The average Bonchev–Trinajstić information content (AvgIpc) is 2.08. The molecule has 0 aliphatic carbocycles. The van der Waals surface area contributed by atoms with Gasteiger partial charge in [-0.1, -0.05) is 24.9 Å². The van der Waals surface area contributed by atoms with Crippen molar-refractivity contribution in [3.63, 3.8) is 0 Å². The molecule has 0 aliphatic rings. The predicted molar refractivity (Wildman–Crippen MR) is 52.6 cm³/mol. The summed E-state index contributed by atoms with van der Waals surface area (Å²) in [6.07, 6.45) is 5.17. The first kappa shape index (κ1) is 9.53. The van der Waals surface area contributed by atoms with Crippen LogP contribution >= 0.6 is 11.6 Å². The van der Waals surface area contributed by atoms with Crippen LogP contribution in [-0.2, 0) is 6.42 Å². The quantitative estimate of drug-likeness (QED) is 0.700. The Morgan fingerprint density at radius 1 is 1.50 bits per heavy atom. The summed E-state index contributed by atoms with van der Waals surface area (Å²) >= 11 is 6.07. The Balaban J connectivity index is 2.78. The van der Waals surface area contributed by atoms with Crippen LogP contribution in [0.15, 0.2) is 12.3 Å². The second-order valence-corrected chi connectivity index (χ2v) is 3.37. The molecule has 1 aromatic heterocycles. The zero-order valence-corrected chi connectivity index (χ0v) is 8.36. The van der Waals surface area contributed by atoms with Gasteiger partial charge in [-0.3, -0.25) is 4.98 Å². The number of halogens is 1. The normalized spacial score (nSPS) is 10.2. The van der Waals surface area contributed by atoms with Crippen molar-refractivity contribution in [2.75, 3.05) is 0 Å². The van der Waals surface area contributed by atoms with Crippen LogP contribution in [0, 0.1) is 6.92 Å². The second-order valence-electron chi connectivity index (χ2n) is 2.99. The molecule has 0 aromatic carbocycles. The largest absolute Gasteiger partial charge is 0.260 e. The Morgan fingerprint density at radius 3 is 2.92 bits per heavy atom. The third-order valence-electron chi connectivity index (χ3n) is 1.92. The summed E-state index contributed by atoms with van der Waals surface area (Å²) in [5, 5.41) is 0.839. The molecule has 0 radical (unpaired) electrons. The molecule has 1 nitrogen and oxygen atoms in total. The number of aryl methyl sites for hydroxylation is 2. The first-order valence-corrected chi connectivity index (χ1v) is 4.73. The molecule has 0 saturated heterocycles. The molecule has 1 heterocycles. The van der Waals surface area contributed by atoms with Crippen LogP contribution in [0.5, 0.6) is 0 Å². The van der Waals surface area contributed by atoms with Crippen molar-refractivity contribution in [3.05, 3.63) is 28.5 Å². The van der Waals surface area contributed by atoms with Gasteiger partial charge in [-0.05, 0) is 31.4 Å². The highest BCUT2D eigenvalue weighted by Crippen LogP contribution is 2.19. The fraction of sp³-hybridized carbons (Fsp3) is 0.500. The van der Waals surface area contributed by atoms with Gasteiger partial charge in [0.25, 0.3) is 0 Å². The van der Waals surface area contributed by atoms with E-state index >= 15 is 0 Å². The maximum absolute atomic E-state index is 6.07. The Hall–Kier alpha value is -0.560. The van der Waals surface area contributed by atoms with E-state index in [0.29, 0.717) is 0 Å². The molecule has 0 unspecified atom stereocenters. The van der Waals surface area contributed by atoms with E-state index < -0.39 is 0 Å². The van der Waals surface area contributed by atoms with Crippen molar-refractivity contribution in [2.45, 2.75) is 33.1 Å². The molecule has 0 bridgehead atoms. The zero-order valence-electron chi connectivity index (χ0n) is 7.60. The Morgan fingerprint density at radius 2 is 2.25 bits per heavy atom. The van der Waals surface area contributed by atoms with Crippen LogP contribution in [0.3, 0.4) is 0 Å². The zero-order chi connectivity index (χ0) is 8.97. The first-order valence-electron chi connectivity index (χ1n) is 4.35. The van der Waals surface area contributed by atoms with Crippen LogP contribution in [0.2, 0.25) is 5.02 Å². The third-order valence-corrected chi connectivity index (χ3v) is 2.44. The van der Waals surface area contributed by atoms with Crippen molar-refractivity contribution in [2.24, 2.45) is 0 Å². The van der Waals surface area contributed by atoms with Crippen molar-refractivity contribution in [1.29, 1.82) is 0 Å². The number of unbranched alkanes of at least 4 members (excludes halogenated alkanes) is 1. The van der Waals surface area contributed by atoms with Gasteiger partial charge in [-0.25, -0.2) is 0 Å². The molecule has 0 atom stereocenters. The molecule has 0 spiro atoms. The maximum Gasteiger partial charge on any atom is 0.0650 e. The lowest BCUT2D eigenvalue weighted by Gasteiger charge is -2.03. The second kappa shape index (κ2) is 4.46. The number of pyridine rings is 1. The molecule has 1 rings (SSSR count). The molecule has 1 aromatic rings. The van der Waals surface area contributed by atoms with E-state index in [1.807, 2.05) is 19.2 Å². The van der Waals surface area contributed by atoms with Gasteiger partial charge in [-0.2, -0.15) is 0 Å². The monoisotopic (exact) mass is 183 g/mol. The lowest BCUT2D eigenvalue weighted by Crippen LogP contribution is -1.92. The lowest BCUT2D eigenvalue weighted by atomic mass is 10.1. The fourth-order valence-corrected chi connectivity index (χ4v) is 1.32. The summed E-state index contributed by atoms with van der Waals surface area (Å²) in [4.78, 5) is 4.24. The molecule has 66 valence electrons. The van der Waals surface area contributed by atoms with E-state index in [4.69, 9.17) is 11.6 Å². The van der Waals surface area contributed by atoms with Crippen molar-refractivity contribution < 1.29 is 0 Å². The predicted octanol–water partition coefficient (Wildman–Crippen LogP) is 3.39. The average molecular weight is 184 g/mol. The summed E-state index contributed by atoms with van der Waals surface area (Å²) < 4.78 is 0. The van der Waals surface area contributed by atoms with Crippen LogP contribution < -0.4 is 0 Å². The van der Waals surface area contributed by atoms with E-state index in [-0.39, 0.29) is 0 Å². The molecule has 0 aliphatic heterocycles. The van der Waals surface area contributed by atoms with Crippen molar-refractivity contribution in [3.8, 4) is 0 Å². The molecule has 0 N–H and O–H groups in total. The van der Waals surface area contributed by atoms with E-state index in [1.54, 1.807) is 0 Å². The maximum atomic E-state index is 6.07. The summed E-state index contributed by atoms with van der Waals surface area (Å²) in [5.74, 6) is 0. The van der Waals surface area contributed by atoms with Gasteiger partial charge in [0.1, 0.15) is 0 Å². The highest BCUT2D eigenvalue weighted by molar-refractivity contribution is 6.31.